The van der Waals surface area contributed by atoms with Crippen LogP contribution < -0.4 is 0 Å². The summed E-state index contributed by atoms with van der Waals surface area (Å²) in [5.74, 6) is 0.199. The summed E-state index contributed by atoms with van der Waals surface area (Å²) >= 11 is 5.32. The van der Waals surface area contributed by atoms with Crippen LogP contribution in [0.25, 0.3) is 0 Å². The summed E-state index contributed by atoms with van der Waals surface area (Å²) in [4.78, 5) is 10.8. The molecule has 0 aromatic heterocycles. The Hall–Kier alpha value is -0.500. The van der Waals surface area contributed by atoms with E-state index in [9.17, 15) is 4.79 Å². The number of halogens is 1. The SMILES string of the molecule is C=C(Cl)C(=O)OCCCCC(C)C. The van der Waals surface area contributed by atoms with Gasteiger partial charge in [0.15, 0.2) is 0 Å². The molecule has 0 radical (unpaired) electrons. The Labute approximate surface area is 84.9 Å². The molecule has 0 saturated heterocycles. The molecule has 0 rings (SSSR count). The first-order valence-corrected chi connectivity index (χ1v) is 4.93. The highest BCUT2D eigenvalue weighted by Gasteiger charge is 2.03. The molecule has 0 unspecified atom stereocenters. The second-order valence-corrected chi connectivity index (χ2v) is 3.89. The van der Waals surface area contributed by atoms with Gasteiger partial charge in [0.2, 0.25) is 0 Å². The lowest BCUT2D eigenvalue weighted by Gasteiger charge is -2.04. The van der Waals surface area contributed by atoms with Crippen molar-refractivity contribution < 1.29 is 9.53 Å². The lowest BCUT2D eigenvalue weighted by molar-refractivity contribution is -0.138. The Balaban J connectivity index is 3.26. The monoisotopic (exact) mass is 204 g/mol. The molecule has 3 heteroatoms. The van der Waals surface area contributed by atoms with E-state index in [1.807, 2.05) is 0 Å². The molecule has 0 amide bonds. The van der Waals surface area contributed by atoms with Gasteiger partial charge in [0, 0.05) is 0 Å². The van der Waals surface area contributed by atoms with Crippen LogP contribution in [-0.2, 0) is 9.53 Å². The van der Waals surface area contributed by atoms with E-state index in [4.69, 9.17) is 16.3 Å². The topological polar surface area (TPSA) is 26.3 Å². The van der Waals surface area contributed by atoms with Crippen molar-refractivity contribution in [3.8, 4) is 0 Å². The average molecular weight is 205 g/mol. The first-order chi connectivity index (χ1) is 6.04. The van der Waals surface area contributed by atoms with Crippen LogP contribution in [0.2, 0.25) is 0 Å². The lowest BCUT2D eigenvalue weighted by atomic mass is 10.1. The summed E-state index contributed by atoms with van der Waals surface area (Å²) in [7, 11) is 0. The zero-order chi connectivity index (χ0) is 10.3. The van der Waals surface area contributed by atoms with E-state index in [-0.39, 0.29) is 5.03 Å². The van der Waals surface area contributed by atoms with Crippen LogP contribution in [-0.4, -0.2) is 12.6 Å². The van der Waals surface area contributed by atoms with Crippen molar-refractivity contribution in [3.63, 3.8) is 0 Å². The maximum atomic E-state index is 10.8. The highest BCUT2D eigenvalue weighted by atomic mass is 35.5. The summed E-state index contributed by atoms with van der Waals surface area (Å²) < 4.78 is 4.81. The standard InChI is InChI=1S/C10H17ClO2/c1-8(2)6-4-5-7-13-10(12)9(3)11/h8H,3-7H2,1-2H3. The highest BCUT2D eigenvalue weighted by molar-refractivity contribution is 6.40. The van der Waals surface area contributed by atoms with Gasteiger partial charge < -0.3 is 4.74 Å². The smallest absolute Gasteiger partial charge is 0.349 e. The van der Waals surface area contributed by atoms with E-state index in [1.54, 1.807) is 0 Å². The van der Waals surface area contributed by atoms with E-state index in [2.05, 4.69) is 20.4 Å². The number of unbranched alkanes of at least 4 members (excludes halogenated alkanes) is 1. The summed E-state index contributed by atoms with van der Waals surface area (Å²) in [5.41, 5.74) is 0. The molecule has 2 nitrogen and oxygen atoms in total. The third-order valence-corrected chi connectivity index (χ3v) is 1.78. The minimum absolute atomic E-state index is 0.0520. The molecule has 76 valence electrons. The minimum Gasteiger partial charge on any atom is -0.461 e. The van der Waals surface area contributed by atoms with Gasteiger partial charge in [-0.15, -0.1) is 0 Å². The zero-order valence-electron chi connectivity index (χ0n) is 8.31. The number of ether oxygens (including phenoxy) is 1. The quantitative estimate of drug-likeness (QED) is 0.378. The van der Waals surface area contributed by atoms with Gasteiger partial charge >= 0.3 is 5.97 Å². The van der Waals surface area contributed by atoms with Crippen LogP contribution in [0.5, 0.6) is 0 Å². The van der Waals surface area contributed by atoms with E-state index in [0.29, 0.717) is 12.5 Å². The third-order valence-electron chi connectivity index (χ3n) is 1.63. The molecule has 0 heterocycles. The molecule has 0 aromatic carbocycles. The van der Waals surface area contributed by atoms with Gasteiger partial charge in [-0.25, -0.2) is 4.79 Å². The molecule has 0 aliphatic carbocycles. The number of carbonyl (C=O) groups is 1. The summed E-state index contributed by atoms with van der Waals surface area (Å²) in [6, 6.07) is 0. The van der Waals surface area contributed by atoms with E-state index < -0.39 is 5.97 Å². The van der Waals surface area contributed by atoms with Crippen molar-refractivity contribution in [1.82, 2.24) is 0 Å². The fourth-order valence-electron chi connectivity index (χ4n) is 0.898. The number of esters is 1. The van der Waals surface area contributed by atoms with Gasteiger partial charge in [0.1, 0.15) is 5.03 Å². The zero-order valence-corrected chi connectivity index (χ0v) is 9.06. The van der Waals surface area contributed by atoms with Crippen molar-refractivity contribution in [3.05, 3.63) is 11.6 Å². The van der Waals surface area contributed by atoms with Crippen molar-refractivity contribution >= 4 is 17.6 Å². The first kappa shape index (κ1) is 12.5. The summed E-state index contributed by atoms with van der Waals surface area (Å²) in [6.45, 7) is 8.06. The lowest BCUT2D eigenvalue weighted by Crippen LogP contribution is -2.05. The predicted molar refractivity (Wildman–Crippen MR) is 54.6 cm³/mol. The fraction of sp³-hybridized carbons (Fsp3) is 0.700. The first-order valence-electron chi connectivity index (χ1n) is 4.55. The van der Waals surface area contributed by atoms with Crippen LogP contribution in [0.4, 0.5) is 0 Å². The van der Waals surface area contributed by atoms with E-state index in [1.165, 1.54) is 6.42 Å². The van der Waals surface area contributed by atoms with Crippen molar-refractivity contribution in [2.24, 2.45) is 5.92 Å². The second kappa shape index (κ2) is 6.96. The van der Waals surface area contributed by atoms with Gasteiger partial charge in [0.05, 0.1) is 6.61 Å². The number of rotatable bonds is 6. The number of hydrogen-bond donors (Lipinski definition) is 0. The Morgan fingerprint density at radius 3 is 2.54 bits per heavy atom. The Morgan fingerprint density at radius 1 is 1.46 bits per heavy atom. The van der Waals surface area contributed by atoms with Crippen molar-refractivity contribution in [2.45, 2.75) is 33.1 Å². The van der Waals surface area contributed by atoms with E-state index in [0.717, 1.165) is 12.8 Å². The molecule has 13 heavy (non-hydrogen) atoms. The minimum atomic E-state index is -0.508. The van der Waals surface area contributed by atoms with Crippen molar-refractivity contribution in [2.75, 3.05) is 6.61 Å². The molecular formula is C10H17ClO2. The van der Waals surface area contributed by atoms with Gasteiger partial charge in [0.25, 0.3) is 0 Å². The molecule has 0 fully saturated rings. The molecule has 0 bridgehead atoms. The second-order valence-electron chi connectivity index (χ2n) is 3.43. The molecule has 0 atom stereocenters. The highest BCUT2D eigenvalue weighted by Crippen LogP contribution is 2.07. The molecular weight excluding hydrogens is 188 g/mol. The molecule has 0 N–H and O–H groups in total. The van der Waals surface area contributed by atoms with Crippen molar-refractivity contribution in [1.29, 1.82) is 0 Å². The maximum Gasteiger partial charge on any atom is 0.349 e. The largest absolute Gasteiger partial charge is 0.461 e. The Bertz CT molecular complexity index is 176. The van der Waals surface area contributed by atoms with Gasteiger partial charge in [-0.3, -0.25) is 0 Å². The fourth-order valence-corrected chi connectivity index (χ4v) is 0.952. The number of carbonyl (C=O) groups excluding carboxylic acids is 1. The van der Waals surface area contributed by atoms with Crippen LogP contribution in [0, 0.1) is 5.92 Å². The van der Waals surface area contributed by atoms with E-state index >= 15 is 0 Å². The molecule has 0 aliphatic rings. The number of hydrogen-bond acceptors (Lipinski definition) is 2. The summed E-state index contributed by atoms with van der Waals surface area (Å²) in [5, 5.41) is -0.0520. The maximum absolute atomic E-state index is 10.8. The Kier molecular flexibility index (Phi) is 6.69. The molecule has 0 aromatic rings. The third kappa shape index (κ3) is 7.85. The Morgan fingerprint density at radius 2 is 2.08 bits per heavy atom. The molecule has 0 saturated carbocycles. The van der Waals surface area contributed by atoms with Gasteiger partial charge in [-0.2, -0.15) is 0 Å². The van der Waals surface area contributed by atoms with Gasteiger partial charge in [-0.05, 0) is 18.8 Å². The predicted octanol–water partition coefficient (Wildman–Crippen LogP) is 3.11. The molecule has 0 aliphatic heterocycles. The summed E-state index contributed by atoms with van der Waals surface area (Å²) in [6.07, 6.45) is 3.15. The molecule has 0 spiro atoms. The van der Waals surface area contributed by atoms with Crippen LogP contribution >= 0.6 is 11.6 Å². The van der Waals surface area contributed by atoms with Crippen LogP contribution in [0.15, 0.2) is 11.6 Å². The van der Waals surface area contributed by atoms with Crippen LogP contribution in [0.3, 0.4) is 0 Å². The average Bonchev–Trinajstić information content (AvgIpc) is 2.02. The van der Waals surface area contributed by atoms with Crippen LogP contribution in [0.1, 0.15) is 33.1 Å². The van der Waals surface area contributed by atoms with Gasteiger partial charge in [-0.1, -0.05) is 38.4 Å². The normalized spacial score (nSPS) is 10.2.